The van der Waals surface area contributed by atoms with Crippen LogP contribution in [0.25, 0.3) is 83.3 Å². The predicted molar refractivity (Wildman–Crippen MR) is 350 cm³/mol. The fourth-order valence-corrected chi connectivity index (χ4v) is 11.6. The first kappa shape index (κ1) is 37.5. The van der Waals surface area contributed by atoms with Gasteiger partial charge in [0, 0.05) is 82.1 Å². The number of hydrogen-bond acceptors (Lipinski definition) is 4. The van der Waals surface area contributed by atoms with E-state index in [1.807, 2.05) is 117 Å². The maximum Gasteiger partial charge on any atom is 0.135 e. The molecular weight excluding hydrogens is 1220 g/mol. The minimum absolute atomic E-state index is 0. The van der Waals surface area contributed by atoms with Gasteiger partial charge >= 0.3 is 0 Å². The van der Waals surface area contributed by atoms with Crippen LogP contribution in [0.3, 0.4) is 0 Å². The molecule has 85 heavy (non-hydrogen) atoms. The predicted octanol–water partition coefficient (Wildman–Crippen LogP) is 21.3. The normalized spacial score (nSPS) is 17.6. The first-order chi connectivity index (χ1) is 48.5. The van der Waals surface area contributed by atoms with Gasteiger partial charge in [-0.1, -0.05) is 193 Å². The number of fused-ring (bicyclic) bond motifs is 5. The van der Waals surface area contributed by atoms with E-state index in [9.17, 15) is 11.0 Å². The van der Waals surface area contributed by atoms with Crippen molar-refractivity contribution in [3.05, 3.63) is 271 Å². The largest absolute Gasteiger partial charge is 0.509 e. The van der Waals surface area contributed by atoms with E-state index >= 15 is 0 Å². The number of benzene rings is 10. The van der Waals surface area contributed by atoms with Gasteiger partial charge in [-0.25, -0.2) is 4.98 Å². The van der Waals surface area contributed by atoms with Crippen LogP contribution in [-0.2, 0) is 37.3 Å². The number of aryl methyl sites for hydroxylation is 1. The van der Waals surface area contributed by atoms with Crippen LogP contribution in [-0.4, -0.2) is 9.55 Å². The first-order valence-corrected chi connectivity index (χ1v) is 27.9. The third kappa shape index (κ3) is 10.2. The second-order valence-corrected chi connectivity index (χ2v) is 23.7. The molecule has 0 bridgehead atoms. The topological polar surface area (TPSA) is 33.5 Å². The van der Waals surface area contributed by atoms with Gasteiger partial charge in [0.05, 0.1) is 21.9 Å². The molecule has 3 heterocycles. The zero-order chi connectivity index (χ0) is 73.9. The third-order valence-electron chi connectivity index (χ3n) is 16.2. The Hall–Kier alpha value is -8.76. The number of hydrogen-bond donors (Lipinski definition) is 0. The van der Waals surface area contributed by atoms with Gasteiger partial charge < -0.3 is 19.1 Å². The van der Waals surface area contributed by atoms with Crippen molar-refractivity contribution in [2.45, 2.75) is 84.4 Å². The number of aromatic nitrogens is 2. The number of para-hydroxylation sites is 3. The summed E-state index contributed by atoms with van der Waals surface area (Å²) >= 11 is 0. The molecule has 0 saturated heterocycles. The van der Waals surface area contributed by atoms with Gasteiger partial charge in [0.1, 0.15) is 5.82 Å². The molecule has 10 aromatic carbocycles. The van der Waals surface area contributed by atoms with Gasteiger partial charge in [-0.2, -0.15) is 12.1 Å². The minimum Gasteiger partial charge on any atom is -0.509 e. The average molecular weight is 1300 g/mol. The average Bonchev–Trinajstić information content (AvgIpc) is 0.988. The fraction of sp³-hybridized carbons (Fsp3) is 0.165. The second kappa shape index (κ2) is 21.7. The minimum atomic E-state index is -2.85. The Balaban J connectivity index is 0.00000961. The van der Waals surface area contributed by atoms with E-state index < -0.39 is 101 Å². The molecule has 0 fully saturated rings. The van der Waals surface area contributed by atoms with Crippen LogP contribution < -0.4 is 14.5 Å². The summed E-state index contributed by atoms with van der Waals surface area (Å²) in [5.41, 5.74) is 2.33. The quantitative estimate of drug-likeness (QED) is 0.128. The van der Waals surface area contributed by atoms with Crippen molar-refractivity contribution in [2.75, 3.05) is 9.80 Å². The van der Waals surface area contributed by atoms with Crippen molar-refractivity contribution in [3.8, 4) is 73.0 Å². The maximum absolute atomic E-state index is 10.6. The number of anilines is 4. The number of pyridine rings is 1. The molecule has 0 atom stereocenters. The third-order valence-corrected chi connectivity index (χ3v) is 16.2. The summed E-state index contributed by atoms with van der Waals surface area (Å²) in [4.78, 5) is 8.44. The van der Waals surface area contributed by atoms with Crippen LogP contribution in [0, 0.1) is 25.7 Å². The maximum atomic E-state index is 10.6. The first-order valence-electron chi connectivity index (χ1n) is 37.4. The monoisotopic (exact) mass is 1300 g/mol. The Labute approximate surface area is 542 Å². The van der Waals surface area contributed by atoms with Crippen molar-refractivity contribution < 1.29 is 51.8 Å². The SMILES string of the molecule is [2H]c1c([2H])c([2H])c(-c2cnc(-n3c4[c-]c(Oc5[c-]c(N6[CH-]N(c7c(-c8c([2H])c(-c9ccccc9)c([2H])c(-c9c([2H])c([2H])c([2H])c([2H])c9[2H])c8[2H])cc(C(C)(C)C)cc7-c7c([2H])c([2H])c8c(c7[2H])C(C)(C)CCC8(C)C)c7ccccc76)ccc5)ccc4c4ccccc43)cc2C([2H])([2H])[2H])c([2H])c1[2H].[Pt]. The van der Waals surface area contributed by atoms with E-state index in [4.69, 9.17) is 24.8 Å². The Morgan fingerprint density at radius 1 is 0.553 bits per heavy atom. The molecule has 1 aliphatic carbocycles. The van der Waals surface area contributed by atoms with E-state index in [0.717, 1.165) is 5.39 Å². The van der Waals surface area contributed by atoms with Gasteiger partial charge in [-0.05, 0) is 157 Å². The standard InChI is InChI=1S/C79H67N4O.Pt/c1-52-41-75(80-50-68(52)55-27-16-11-17-28-55)83-71-32-19-18-31-64(71)65-37-36-63(49-74(65)83)84-62-30-22-29-61(48-62)81-51-82(73-34-21-20-33-72(73)81)76-66(56-35-38-69-70(45-56)79(7,8)40-39-78(69,5)6)46-60(77(2,3)4)47-67(76)59-43-57(53-23-12-9-13-24-53)42-58(44-59)54-25-14-10-15-26-54;/h9-38,41-47,50-51H,39-40H2,1-8H3;/q-3;/i1D3,9D,11D,12D,13D,16D,17D,23D,24D,27D,28D,35D,38D,42D,43D,44D,45D;. The molecule has 14 rings (SSSR count). The summed E-state index contributed by atoms with van der Waals surface area (Å²) in [6.45, 7) is 13.1. The molecule has 0 N–H and O–H groups in total. The van der Waals surface area contributed by atoms with Gasteiger partial charge in [-0.15, -0.1) is 48.1 Å². The Bertz CT molecular complexity index is 5550. The Morgan fingerprint density at radius 2 is 1.19 bits per heavy atom. The van der Waals surface area contributed by atoms with Crippen molar-refractivity contribution >= 4 is 44.6 Å². The molecule has 2 aromatic heterocycles. The summed E-state index contributed by atoms with van der Waals surface area (Å²) in [7, 11) is 0. The molecule has 0 saturated carbocycles. The Kier molecular flexibility index (Phi) is 9.58. The van der Waals surface area contributed by atoms with E-state index in [-0.39, 0.29) is 113 Å². The summed E-state index contributed by atoms with van der Waals surface area (Å²) in [6.07, 6.45) is 2.60. The van der Waals surface area contributed by atoms with E-state index in [1.54, 1.807) is 59.8 Å². The van der Waals surface area contributed by atoms with Crippen LogP contribution in [0.5, 0.6) is 11.5 Å². The van der Waals surface area contributed by atoms with Crippen LogP contribution >= 0.6 is 0 Å². The van der Waals surface area contributed by atoms with E-state index in [0.29, 0.717) is 74.1 Å². The summed E-state index contributed by atoms with van der Waals surface area (Å²) < 4.78 is 184. The summed E-state index contributed by atoms with van der Waals surface area (Å²) in [5.74, 6) is 0.579. The van der Waals surface area contributed by atoms with Gasteiger partial charge in [-0.3, -0.25) is 0 Å². The smallest absolute Gasteiger partial charge is 0.135 e. The zero-order valence-corrected chi connectivity index (χ0v) is 50.0. The molecule has 422 valence electrons. The summed E-state index contributed by atoms with van der Waals surface area (Å²) in [6, 6.07) is 36.6. The van der Waals surface area contributed by atoms with Crippen LogP contribution in [0.2, 0.25) is 0 Å². The molecule has 0 amide bonds. The molecule has 0 spiro atoms. The molecule has 5 nitrogen and oxygen atoms in total. The Morgan fingerprint density at radius 3 is 1.92 bits per heavy atom. The van der Waals surface area contributed by atoms with Gasteiger partial charge in [0.2, 0.25) is 0 Å². The van der Waals surface area contributed by atoms with Crippen molar-refractivity contribution in [2.24, 2.45) is 0 Å². The van der Waals surface area contributed by atoms with E-state index in [2.05, 4.69) is 26.0 Å². The molecule has 6 heteroatoms. The van der Waals surface area contributed by atoms with Crippen LogP contribution in [0.4, 0.5) is 22.7 Å². The van der Waals surface area contributed by atoms with Crippen molar-refractivity contribution in [3.63, 3.8) is 0 Å². The van der Waals surface area contributed by atoms with Gasteiger partial charge in [0.25, 0.3) is 0 Å². The van der Waals surface area contributed by atoms with Crippen molar-refractivity contribution in [1.82, 2.24) is 9.55 Å². The van der Waals surface area contributed by atoms with E-state index in [1.165, 1.54) is 12.3 Å². The van der Waals surface area contributed by atoms with Crippen LogP contribution in [0.15, 0.2) is 230 Å². The van der Waals surface area contributed by atoms with Crippen LogP contribution in [0.1, 0.15) is 110 Å². The molecule has 0 unspecified atom stereocenters. The number of rotatable bonds is 10. The van der Waals surface area contributed by atoms with Gasteiger partial charge in [0.15, 0.2) is 0 Å². The molecule has 2 aliphatic rings. The number of nitrogens with zero attached hydrogens (tertiary/aromatic N) is 4. The fourth-order valence-electron chi connectivity index (χ4n) is 11.6. The molecule has 0 radical (unpaired) electrons. The number of ether oxygens (including phenoxy) is 1. The molecular formula is C79H67N4OPt-3. The molecule has 1 aliphatic heterocycles. The molecule has 12 aromatic rings. The zero-order valence-electron chi connectivity index (χ0n) is 66.7. The summed E-state index contributed by atoms with van der Waals surface area (Å²) in [5, 5.41) is 1.47. The van der Waals surface area contributed by atoms with Crippen molar-refractivity contribution in [1.29, 1.82) is 0 Å². The second-order valence-electron chi connectivity index (χ2n) is 23.7.